The van der Waals surface area contributed by atoms with Gasteiger partial charge in [-0.1, -0.05) is 38.4 Å². The van der Waals surface area contributed by atoms with Crippen molar-refractivity contribution in [3.05, 3.63) is 28.3 Å². The largest absolute Gasteiger partial charge is 0.489 e. The standard InChI is InChI=1S/C16H22ClNO2/c1-10-7-12-11(5-6-13(17)15(12)20-10)8-14(18-9-19)16(2,3)4/h5-6,9-10,14H,7-8H2,1-4H3,(H,18,19). The Morgan fingerprint density at radius 1 is 1.50 bits per heavy atom. The Kier molecular flexibility index (Phi) is 4.28. The molecule has 0 radical (unpaired) electrons. The number of amides is 1. The molecule has 4 heteroatoms. The van der Waals surface area contributed by atoms with E-state index in [0.717, 1.165) is 25.0 Å². The van der Waals surface area contributed by atoms with Crippen molar-refractivity contribution in [3.63, 3.8) is 0 Å². The summed E-state index contributed by atoms with van der Waals surface area (Å²) in [7, 11) is 0. The number of nitrogens with one attached hydrogen (secondary N) is 1. The van der Waals surface area contributed by atoms with Crippen molar-refractivity contribution < 1.29 is 9.53 Å². The van der Waals surface area contributed by atoms with Crippen LogP contribution in [0, 0.1) is 5.41 Å². The first-order chi connectivity index (χ1) is 9.32. The molecular weight excluding hydrogens is 274 g/mol. The number of carbonyl (C=O) groups is 1. The van der Waals surface area contributed by atoms with Crippen LogP contribution in [0.15, 0.2) is 12.1 Å². The highest BCUT2D eigenvalue weighted by molar-refractivity contribution is 6.32. The molecule has 110 valence electrons. The molecule has 1 heterocycles. The van der Waals surface area contributed by atoms with Crippen molar-refractivity contribution in [2.75, 3.05) is 0 Å². The van der Waals surface area contributed by atoms with Crippen LogP contribution in [0.5, 0.6) is 5.75 Å². The Morgan fingerprint density at radius 2 is 2.20 bits per heavy atom. The first kappa shape index (κ1) is 15.2. The molecule has 1 aromatic rings. The van der Waals surface area contributed by atoms with Crippen molar-refractivity contribution in [1.29, 1.82) is 0 Å². The van der Waals surface area contributed by atoms with Gasteiger partial charge in [-0.25, -0.2) is 0 Å². The van der Waals surface area contributed by atoms with E-state index in [4.69, 9.17) is 16.3 Å². The second-order valence-electron chi connectivity index (χ2n) is 6.55. The van der Waals surface area contributed by atoms with Gasteiger partial charge in [-0.15, -0.1) is 0 Å². The first-order valence-electron chi connectivity index (χ1n) is 6.99. The highest BCUT2D eigenvalue weighted by atomic mass is 35.5. The predicted octanol–water partition coefficient (Wildman–Crippen LogP) is 3.37. The summed E-state index contributed by atoms with van der Waals surface area (Å²) in [5, 5.41) is 3.60. The van der Waals surface area contributed by atoms with Crippen LogP contribution >= 0.6 is 11.6 Å². The van der Waals surface area contributed by atoms with Gasteiger partial charge in [0.2, 0.25) is 6.41 Å². The van der Waals surface area contributed by atoms with E-state index in [0.29, 0.717) is 5.02 Å². The number of fused-ring (bicyclic) bond motifs is 1. The minimum Gasteiger partial charge on any atom is -0.489 e. The highest BCUT2D eigenvalue weighted by Crippen LogP contribution is 2.39. The molecule has 2 atom stereocenters. The lowest BCUT2D eigenvalue weighted by Crippen LogP contribution is -2.41. The zero-order valence-corrected chi connectivity index (χ0v) is 13.3. The van der Waals surface area contributed by atoms with Gasteiger partial charge < -0.3 is 10.1 Å². The van der Waals surface area contributed by atoms with E-state index in [1.807, 2.05) is 19.1 Å². The zero-order valence-electron chi connectivity index (χ0n) is 12.5. The van der Waals surface area contributed by atoms with Gasteiger partial charge in [0.25, 0.3) is 0 Å². The van der Waals surface area contributed by atoms with Crippen molar-refractivity contribution in [2.24, 2.45) is 5.41 Å². The van der Waals surface area contributed by atoms with Crippen LogP contribution in [0.3, 0.4) is 0 Å². The third kappa shape index (κ3) is 3.09. The number of benzene rings is 1. The molecular formula is C16H22ClNO2. The molecule has 1 amide bonds. The van der Waals surface area contributed by atoms with Crippen LogP contribution in [-0.4, -0.2) is 18.6 Å². The number of carbonyl (C=O) groups excluding carboxylic acids is 1. The van der Waals surface area contributed by atoms with Crippen LogP contribution in [0.25, 0.3) is 0 Å². The fourth-order valence-corrected chi connectivity index (χ4v) is 2.85. The molecule has 3 nitrogen and oxygen atoms in total. The second-order valence-corrected chi connectivity index (χ2v) is 6.96. The minimum atomic E-state index is -0.00148. The molecule has 20 heavy (non-hydrogen) atoms. The maximum atomic E-state index is 10.8. The number of hydrogen-bond acceptors (Lipinski definition) is 2. The van der Waals surface area contributed by atoms with Gasteiger partial charge >= 0.3 is 0 Å². The molecule has 0 aliphatic carbocycles. The molecule has 1 aromatic carbocycles. The fourth-order valence-electron chi connectivity index (χ4n) is 2.63. The van der Waals surface area contributed by atoms with Crippen LogP contribution in [0.1, 0.15) is 38.8 Å². The van der Waals surface area contributed by atoms with Gasteiger partial charge in [0.1, 0.15) is 11.9 Å². The SMILES string of the molecule is CC1Cc2c(CC(NC=O)C(C)(C)C)ccc(Cl)c2O1. The van der Waals surface area contributed by atoms with E-state index in [1.165, 1.54) is 11.1 Å². The molecule has 2 rings (SSSR count). The molecule has 2 unspecified atom stereocenters. The normalized spacial score (nSPS) is 19.1. The first-order valence-corrected chi connectivity index (χ1v) is 7.37. The summed E-state index contributed by atoms with van der Waals surface area (Å²) >= 11 is 6.20. The van der Waals surface area contributed by atoms with Crippen LogP contribution in [0.4, 0.5) is 0 Å². The highest BCUT2D eigenvalue weighted by Gasteiger charge is 2.29. The van der Waals surface area contributed by atoms with Crippen molar-refractivity contribution in [3.8, 4) is 5.75 Å². The van der Waals surface area contributed by atoms with Crippen molar-refractivity contribution in [1.82, 2.24) is 5.32 Å². The van der Waals surface area contributed by atoms with Crippen molar-refractivity contribution in [2.45, 2.75) is 52.7 Å². The van der Waals surface area contributed by atoms with Crippen LogP contribution < -0.4 is 10.1 Å². The summed E-state index contributed by atoms with van der Waals surface area (Å²) in [4.78, 5) is 10.8. The minimum absolute atomic E-state index is 0.00148. The smallest absolute Gasteiger partial charge is 0.207 e. The lowest BCUT2D eigenvalue weighted by Gasteiger charge is -2.30. The molecule has 0 bridgehead atoms. The zero-order chi connectivity index (χ0) is 14.9. The molecule has 0 spiro atoms. The fraction of sp³-hybridized carbons (Fsp3) is 0.562. The summed E-state index contributed by atoms with van der Waals surface area (Å²) in [5.74, 6) is 0.815. The Hall–Kier alpha value is -1.22. The van der Waals surface area contributed by atoms with Gasteiger partial charge in [-0.3, -0.25) is 4.79 Å². The molecule has 0 fully saturated rings. The van der Waals surface area contributed by atoms with Gasteiger partial charge in [0.05, 0.1) is 5.02 Å². The van der Waals surface area contributed by atoms with Gasteiger partial charge in [0, 0.05) is 18.0 Å². The summed E-state index contributed by atoms with van der Waals surface area (Å²) in [6, 6.07) is 4.02. The van der Waals surface area contributed by atoms with Crippen LogP contribution in [0.2, 0.25) is 5.02 Å². The summed E-state index contributed by atoms with van der Waals surface area (Å²) in [6.45, 7) is 8.43. The van der Waals surface area contributed by atoms with E-state index in [1.54, 1.807) is 0 Å². The summed E-state index contributed by atoms with van der Waals surface area (Å²) in [5.41, 5.74) is 2.40. The molecule has 1 aliphatic rings. The summed E-state index contributed by atoms with van der Waals surface area (Å²) in [6.07, 6.45) is 2.61. The van der Waals surface area contributed by atoms with Crippen molar-refractivity contribution >= 4 is 18.0 Å². The monoisotopic (exact) mass is 295 g/mol. The number of rotatable bonds is 4. The van der Waals surface area contributed by atoms with E-state index in [2.05, 4.69) is 26.1 Å². The maximum absolute atomic E-state index is 10.8. The van der Waals surface area contributed by atoms with Gasteiger partial charge in [-0.2, -0.15) is 0 Å². The molecule has 0 aromatic heterocycles. The number of hydrogen-bond donors (Lipinski definition) is 1. The van der Waals surface area contributed by atoms with E-state index >= 15 is 0 Å². The lowest BCUT2D eigenvalue weighted by atomic mass is 9.82. The Labute approximate surface area is 125 Å². The number of ether oxygens (including phenoxy) is 1. The average Bonchev–Trinajstić information content (AvgIpc) is 2.73. The van der Waals surface area contributed by atoms with E-state index < -0.39 is 0 Å². The molecule has 0 saturated carbocycles. The summed E-state index contributed by atoms with van der Waals surface area (Å²) < 4.78 is 5.78. The molecule has 1 aliphatic heterocycles. The van der Waals surface area contributed by atoms with Gasteiger partial charge in [0.15, 0.2) is 0 Å². The third-order valence-corrected chi connectivity index (χ3v) is 4.16. The third-order valence-electron chi connectivity index (χ3n) is 3.86. The van der Waals surface area contributed by atoms with E-state index in [9.17, 15) is 4.79 Å². The average molecular weight is 296 g/mol. The lowest BCUT2D eigenvalue weighted by molar-refractivity contribution is -0.110. The van der Waals surface area contributed by atoms with E-state index in [-0.39, 0.29) is 17.6 Å². The van der Waals surface area contributed by atoms with Gasteiger partial charge in [-0.05, 0) is 30.4 Å². The number of halogens is 1. The maximum Gasteiger partial charge on any atom is 0.207 e. The Bertz CT molecular complexity index is 508. The molecule has 1 N–H and O–H groups in total. The Morgan fingerprint density at radius 3 is 2.80 bits per heavy atom. The topological polar surface area (TPSA) is 38.3 Å². The Balaban J connectivity index is 2.30. The second kappa shape index (κ2) is 5.65. The quantitative estimate of drug-likeness (QED) is 0.865. The predicted molar refractivity (Wildman–Crippen MR) is 81.4 cm³/mol. The molecule has 0 saturated heterocycles. The van der Waals surface area contributed by atoms with Crippen LogP contribution in [-0.2, 0) is 17.6 Å².